The Morgan fingerprint density at radius 2 is 1.44 bits per heavy atom. The number of hydrogen-bond donors (Lipinski definition) is 1. The summed E-state index contributed by atoms with van der Waals surface area (Å²) in [5.41, 5.74) is 1.49. The zero-order chi connectivity index (χ0) is 19.7. The van der Waals surface area contributed by atoms with Gasteiger partial charge in [-0.15, -0.1) is 0 Å². The Hall–Kier alpha value is -2.80. The number of rotatable bonds is 4. The standard InChI is InChI=1S/C20H16F3NO2S/c1-14-5-11-19(12-6-14)27(25,26)24-18-9-7-15(8-10-18)16-3-2-4-17(13-16)20(21,22)23/h2-13,24H,1H3. The normalized spacial score (nSPS) is 12.0. The number of sulfonamides is 1. The van der Waals surface area contributed by atoms with Crippen LogP contribution >= 0.6 is 0 Å². The molecule has 140 valence electrons. The Bertz CT molecular complexity index is 1040. The van der Waals surface area contributed by atoms with Crippen LogP contribution in [-0.4, -0.2) is 8.42 Å². The molecule has 0 radical (unpaired) electrons. The monoisotopic (exact) mass is 391 g/mol. The molecule has 0 saturated carbocycles. The molecule has 3 aromatic carbocycles. The van der Waals surface area contributed by atoms with E-state index in [-0.39, 0.29) is 4.90 Å². The summed E-state index contributed by atoms with van der Waals surface area (Å²) in [5.74, 6) is 0. The van der Waals surface area contributed by atoms with Gasteiger partial charge in [0.05, 0.1) is 10.5 Å². The number of alkyl halides is 3. The van der Waals surface area contributed by atoms with Crippen LogP contribution in [0, 0.1) is 6.92 Å². The fourth-order valence-corrected chi connectivity index (χ4v) is 3.60. The Labute approximate surface area is 155 Å². The first-order valence-corrected chi connectivity index (χ1v) is 9.51. The van der Waals surface area contributed by atoms with Gasteiger partial charge in [0.15, 0.2) is 0 Å². The van der Waals surface area contributed by atoms with Gasteiger partial charge in [-0.2, -0.15) is 13.2 Å². The first kappa shape index (κ1) is 19.0. The van der Waals surface area contributed by atoms with E-state index in [1.165, 1.54) is 30.3 Å². The van der Waals surface area contributed by atoms with Crippen molar-refractivity contribution in [3.05, 3.63) is 83.9 Å². The quantitative estimate of drug-likeness (QED) is 0.640. The number of halogens is 3. The van der Waals surface area contributed by atoms with Gasteiger partial charge in [-0.25, -0.2) is 8.42 Å². The molecule has 0 aliphatic heterocycles. The summed E-state index contributed by atoms with van der Waals surface area (Å²) in [6.45, 7) is 1.86. The fourth-order valence-electron chi connectivity index (χ4n) is 2.54. The van der Waals surface area contributed by atoms with Crippen molar-refractivity contribution in [1.29, 1.82) is 0 Å². The summed E-state index contributed by atoms with van der Waals surface area (Å²) >= 11 is 0. The lowest BCUT2D eigenvalue weighted by Gasteiger charge is -2.11. The Morgan fingerprint density at radius 3 is 2.04 bits per heavy atom. The Balaban J connectivity index is 1.83. The van der Waals surface area contributed by atoms with E-state index in [9.17, 15) is 21.6 Å². The molecule has 0 spiro atoms. The van der Waals surface area contributed by atoms with Gasteiger partial charge < -0.3 is 0 Å². The lowest BCUT2D eigenvalue weighted by atomic mass is 10.0. The third-order valence-corrected chi connectivity index (χ3v) is 5.39. The van der Waals surface area contributed by atoms with Gasteiger partial charge in [0.1, 0.15) is 0 Å². The second kappa shape index (κ2) is 7.08. The fraction of sp³-hybridized carbons (Fsp3) is 0.100. The summed E-state index contributed by atoms with van der Waals surface area (Å²) in [6.07, 6.45) is -4.42. The molecule has 0 fully saturated rings. The van der Waals surface area contributed by atoms with Crippen molar-refractivity contribution in [3.8, 4) is 11.1 Å². The summed E-state index contributed by atoms with van der Waals surface area (Å²) in [6, 6.07) is 17.6. The van der Waals surface area contributed by atoms with Crippen molar-refractivity contribution in [2.75, 3.05) is 4.72 Å². The van der Waals surface area contributed by atoms with Gasteiger partial charge in [-0.3, -0.25) is 4.72 Å². The maximum atomic E-state index is 12.8. The lowest BCUT2D eigenvalue weighted by Crippen LogP contribution is -2.12. The highest BCUT2D eigenvalue weighted by Crippen LogP contribution is 2.32. The van der Waals surface area contributed by atoms with E-state index in [4.69, 9.17) is 0 Å². The maximum absolute atomic E-state index is 12.8. The summed E-state index contributed by atoms with van der Waals surface area (Å²) in [4.78, 5) is 0.134. The third kappa shape index (κ3) is 4.49. The number of benzene rings is 3. The van der Waals surface area contributed by atoms with E-state index in [1.54, 1.807) is 30.3 Å². The minimum absolute atomic E-state index is 0.134. The lowest BCUT2D eigenvalue weighted by molar-refractivity contribution is -0.137. The van der Waals surface area contributed by atoms with Crippen molar-refractivity contribution in [1.82, 2.24) is 0 Å². The molecule has 1 N–H and O–H groups in total. The summed E-state index contributed by atoms with van der Waals surface area (Å²) < 4.78 is 65.8. The van der Waals surface area contributed by atoms with E-state index >= 15 is 0 Å². The molecule has 3 rings (SSSR count). The molecule has 3 aromatic rings. The smallest absolute Gasteiger partial charge is 0.280 e. The minimum Gasteiger partial charge on any atom is -0.280 e. The van der Waals surface area contributed by atoms with Crippen LogP contribution in [0.5, 0.6) is 0 Å². The zero-order valence-corrected chi connectivity index (χ0v) is 15.1. The van der Waals surface area contributed by atoms with Crippen molar-refractivity contribution in [3.63, 3.8) is 0 Å². The largest absolute Gasteiger partial charge is 0.416 e. The highest BCUT2D eigenvalue weighted by molar-refractivity contribution is 7.92. The Morgan fingerprint density at radius 1 is 0.815 bits per heavy atom. The molecule has 0 saturated heterocycles. The second-order valence-corrected chi connectivity index (χ2v) is 7.76. The molecule has 0 aliphatic carbocycles. The summed E-state index contributed by atoms with van der Waals surface area (Å²) in [5, 5.41) is 0. The average molecular weight is 391 g/mol. The van der Waals surface area contributed by atoms with Crippen LogP contribution < -0.4 is 4.72 Å². The first-order valence-electron chi connectivity index (χ1n) is 8.02. The number of hydrogen-bond acceptors (Lipinski definition) is 2. The van der Waals surface area contributed by atoms with E-state index in [0.717, 1.165) is 17.7 Å². The molecule has 0 aliphatic rings. The van der Waals surface area contributed by atoms with E-state index < -0.39 is 21.8 Å². The molecular formula is C20H16F3NO2S. The molecule has 0 unspecified atom stereocenters. The van der Waals surface area contributed by atoms with Crippen molar-refractivity contribution in [2.24, 2.45) is 0 Å². The van der Waals surface area contributed by atoms with Crippen LogP contribution in [0.4, 0.5) is 18.9 Å². The highest BCUT2D eigenvalue weighted by Gasteiger charge is 2.30. The van der Waals surface area contributed by atoms with Crippen LogP contribution in [0.1, 0.15) is 11.1 Å². The minimum atomic E-state index is -4.42. The van der Waals surface area contributed by atoms with Gasteiger partial charge in [-0.05, 0) is 54.4 Å². The van der Waals surface area contributed by atoms with Gasteiger partial charge in [0.2, 0.25) is 0 Å². The average Bonchev–Trinajstić information content (AvgIpc) is 2.62. The van der Waals surface area contributed by atoms with Crippen LogP contribution in [0.15, 0.2) is 77.7 Å². The highest BCUT2D eigenvalue weighted by atomic mass is 32.2. The number of anilines is 1. The van der Waals surface area contributed by atoms with Crippen LogP contribution in [0.25, 0.3) is 11.1 Å². The third-order valence-electron chi connectivity index (χ3n) is 3.99. The van der Waals surface area contributed by atoms with Crippen molar-refractivity contribution in [2.45, 2.75) is 18.0 Å². The molecule has 0 bridgehead atoms. The van der Waals surface area contributed by atoms with Gasteiger partial charge >= 0.3 is 6.18 Å². The molecular weight excluding hydrogens is 375 g/mol. The molecule has 0 atom stereocenters. The molecule has 7 heteroatoms. The molecule has 0 aromatic heterocycles. The molecule has 3 nitrogen and oxygen atoms in total. The van der Waals surface area contributed by atoms with Crippen molar-refractivity contribution >= 4 is 15.7 Å². The maximum Gasteiger partial charge on any atom is 0.416 e. The van der Waals surface area contributed by atoms with Crippen LogP contribution in [-0.2, 0) is 16.2 Å². The van der Waals surface area contributed by atoms with E-state index in [0.29, 0.717) is 16.8 Å². The Kier molecular flexibility index (Phi) is 4.97. The number of nitrogens with one attached hydrogen (secondary N) is 1. The van der Waals surface area contributed by atoms with Gasteiger partial charge in [0.25, 0.3) is 10.0 Å². The molecule has 27 heavy (non-hydrogen) atoms. The first-order chi connectivity index (χ1) is 12.6. The molecule has 0 amide bonds. The zero-order valence-electron chi connectivity index (χ0n) is 14.3. The topological polar surface area (TPSA) is 46.2 Å². The second-order valence-electron chi connectivity index (χ2n) is 6.07. The van der Waals surface area contributed by atoms with Crippen LogP contribution in [0.3, 0.4) is 0 Å². The van der Waals surface area contributed by atoms with Gasteiger partial charge in [0, 0.05) is 5.69 Å². The number of aryl methyl sites for hydroxylation is 1. The van der Waals surface area contributed by atoms with Crippen molar-refractivity contribution < 1.29 is 21.6 Å². The predicted octanol–water partition coefficient (Wildman–Crippen LogP) is 5.48. The molecule has 0 heterocycles. The summed E-state index contributed by atoms with van der Waals surface area (Å²) in [7, 11) is -3.73. The van der Waals surface area contributed by atoms with E-state index in [1.807, 2.05) is 6.92 Å². The predicted molar refractivity (Wildman–Crippen MR) is 98.9 cm³/mol. The van der Waals surface area contributed by atoms with Crippen LogP contribution in [0.2, 0.25) is 0 Å². The van der Waals surface area contributed by atoms with Gasteiger partial charge in [-0.1, -0.05) is 42.0 Å². The SMILES string of the molecule is Cc1ccc(S(=O)(=O)Nc2ccc(-c3cccc(C(F)(F)F)c3)cc2)cc1. The van der Waals surface area contributed by atoms with E-state index in [2.05, 4.69) is 4.72 Å².